The van der Waals surface area contributed by atoms with Crippen LogP contribution in [0.15, 0.2) is 24.3 Å². The zero-order valence-corrected chi connectivity index (χ0v) is 14.2. The Morgan fingerprint density at radius 3 is 2.40 bits per heavy atom. The van der Waals surface area contributed by atoms with Crippen molar-refractivity contribution in [1.82, 2.24) is 0 Å². The number of nitriles is 1. The maximum Gasteiger partial charge on any atom is 0.573 e. The van der Waals surface area contributed by atoms with Gasteiger partial charge < -0.3 is 15.6 Å². The Balaban J connectivity index is 3.32. The number of ether oxygens (including phenoxy) is 1. The van der Waals surface area contributed by atoms with Crippen molar-refractivity contribution in [3.05, 3.63) is 29.8 Å². The number of halogens is 3. The maximum absolute atomic E-state index is 12.4. The van der Waals surface area contributed by atoms with Gasteiger partial charge in [0, 0.05) is 12.3 Å². The van der Waals surface area contributed by atoms with Crippen LogP contribution in [-0.4, -0.2) is 23.5 Å². The molecule has 2 unspecified atom stereocenters. The van der Waals surface area contributed by atoms with Crippen LogP contribution >= 0.6 is 0 Å². The van der Waals surface area contributed by atoms with Gasteiger partial charge in [-0.25, -0.2) is 0 Å². The highest BCUT2D eigenvalue weighted by Gasteiger charge is 2.40. The number of hydrogen-bond acceptors (Lipinski definition) is 4. The van der Waals surface area contributed by atoms with E-state index in [-0.39, 0.29) is 12.0 Å². The molecule has 0 aliphatic carbocycles. The fraction of sp³-hybridized carbons (Fsp3) is 0.529. The Hall–Kier alpha value is -2.27. The standard InChI is InChI=1S/C17H21F3N2O3/c1-16(2,3)14(23)13(15(22)24)12(7-8-21)10-5-4-6-11(9-10)25-17(18,19)20/h4-6,9,12-14,23H,7H2,1-3H3,(H2,22,24)/t12-,13?,14?/m1/s1. The summed E-state index contributed by atoms with van der Waals surface area (Å²) >= 11 is 0. The number of aliphatic hydroxyl groups excluding tert-OH is 1. The number of carbonyl (C=O) groups is 1. The number of rotatable bonds is 6. The number of amides is 1. The maximum atomic E-state index is 12.4. The molecular weight excluding hydrogens is 337 g/mol. The summed E-state index contributed by atoms with van der Waals surface area (Å²) in [6, 6.07) is 6.89. The Labute approximate surface area is 144 Å². The molecule has 0 saturated heterocycles. The van der Waals surface area contributed by atoms with Crippen LogP contribution in [0.5, 0.6) is 5.75 Å². The van der Waals surface area contributed by atoms with Crippen molar-refractivity contribution in [3.63, 3.8) is 0 Å². The molecule has 3 atom stereocenters. The van der Waals surface area contributed by atoms with Crippen LogP contribution in [0.1, 0.15) is 38.7 Å². The molecule has 1 rings (SSSR count). The number of primary amides is 1. The normalized spacial score (nSPS) is 15.8. The predicted octanol–water partition coefficient (Wildman–Crippen LogP) is 3.09. The van der Waals surface area contributed by atoms with Gasteiger partial charge in [-0.2, -0.15) is 5.26 Å². The first kappa shape index (κ1) is 20.8. The number of carbonyl (C=O) groups excluding carboxylic acids is 1. The van der Waals surface area contributed by atoms with Crippen molar-refractivity contribution in [2.24, 2.45) is 17.1 Å². The monoisotopic (exact) mass is 358 g/mol. The minimum Gasteiger partial charge on any atom is -0.406 e. The van der Waals surface area contributed by atoms with Crippen LogP contribution in [0.2, 0.25) is 0 Å². The van der Waals surface area contributed by atoms with E-state index in [0.717, 1.165) is 12.1 Å². The van der Waals surface area contributed by atoms with Gasteiger partial charge in [-0.15, -0.1) is 13.2 Å². The summed E-state index contributed by atoms with van der Waals surface area (Å²) < 4.78 is 41.1. The van der Waals surface area contributed by atoms with Gasteiger partial charge in [-0.1, -0.05) is 32.9 Å². The lowest BCUT2D eigenvalue weighted by Crippen LogP contribution is -2.44. The molecule has 1 aromatic rings. The minimum absolute atomic E-state index is 0.198. The number of alkyl halides is 3. The molecule has 0 fully saturated rings. The first-order valence-corrected chi connectivity index (χ1v) is 7.57. The number of nitrogens with two attached hydrogens (primary N) is 1. The second kappa shape index (κ2) is 7.74. The zero-order valence-electron chi connectivity index (χ0n) is 14.2. The third-order valence-electron chi connectivity index (χ3n) is 3.82. The molecule has 0 aliphatic heterocycles. The van der Waals surface area contributed by atoms with E-state index in [1.165, 1.54) is 12.1 Å². The van der Waals surface area contributed by atoms with Crippen molar-refractivity contribution >= 4 is 5.91 Å². The number of aliphatic hydroxyl groups is 1. The van der Waals surface area contributed by atoms with E-state index in [1.54, 1.807) is 20.8 Å². The van der Waals surface area contributed by atoms with Crippen molar-refractivity contribution < 1.29 is 27.8 Å². The number of hydrogen-bond donors (Lipinski definition) is 2. The van der Waals surface area contributed by atoms with E-state index >= 15 is 0 Å². The smallest absolute Gasteiger partial charge is 0.406 e. The molecule has 138 valence electrons. The van der Waals surface area contributed by atoms with Crippen molar-refractivity contribution in [2.75, 3.05) is 0 Å². The van der Waals surface area contributed by atoms with E-state index in [9.17, 15) is 23.1 Å². The van der Waals surface area contributed by atoms with Crippen LogP contribution < -0.4 is 10.5 Å². The summed E-state index contributed by atoms with van der Waals surface area (Å²) in [5.41, 5.74) is 4.97. The molecule has 1 aromatic carbocycles. The Morgan fingerprint density at radius 2 is 1.96 bits per heavy atom. The number of nitrogens with zero attached hydrogens (tertiary/aromatic N) is 1. The van der Waals surface area contributed by atoms with Gasteiger partial charge in [0.2, 0.25) is 5.91 Å². The molecule has 0 heterocycles. The molecule has 8 heteroatoms. The third-order valence-corrected chi connectivity index (χ3v) is 3.82. The fourth-order valence-electron chi connectivity index (χ4n) is 2.61. The predicted molar refractivity (Wildman–Crippen MR) is 84.2 cm³/mol. The van der Waals surface area contributed by atoms with Gasteiger partial charge in [0.05, 0.1) is 18.1 Å². The fourth-order valence-corrected chi connectivity index (χ4v) is 2.61. The van der Waals surface area contributed by atoms with Gasteiger partial charge in [-0.05, 0) is 23.1 Å². The second-order valence-electron chi connectivity index (χ2n) is 6.83. The lowest BCUT2D eigenvalue weighted by molar-refractivity contribution is -0.274. The quantitative estimate of drug-likeness (QED) is 0.817. The van der Waals surface area contributed by atoms with Gasteiger partial charge in [0.25, 0.3) is 0 Å². The summed E-state index contributed by atoms with van der Waals surface area (Å²) in [5.74, 6) is -3.31. The van der Waals surface area contributed by atoms with Crippen molar-refractivity contribution in [3.8, 4) is 11.8 Å². The van der Waals surface area contributed by atoms with E-state index in [4.69, 9.17) is 11.0 Å². The van der Waals surface area contributed by atoms with Crippen LogP contribution in [0.4, 0.5) is 13.2 Å². The van der Waals surface area contributed by atoms with Gasteiger partial charge >= 0.3 is 6.36 Å². The minimum atomic E-state index is -4.86. The molecule has 0 spiro atoms. The molecule has 0 radical (unpaired) electrons. The zero-order chi connectivity index (χ0) is 19.4. The average molecular weight is 358 g/mol. The highest BCUT2D eigenvalue weighted by molar-refractivity contribution is 5.78. The first-order valence-electron chi connectivity index (χ1n) is 7.57. The topological polar surface area (TPSA) is 96.3 Å². The lowest BCUT2D eigenvalue weighted by Gasteiger charge is -2.35. The third kappa shape index (κ3) is 5.94. The van der Waals surface area contributed by atoms with Crippen molar-refractivity contribution in [2.45, 2.75) is 45.6 Å². The molecule has 1 amide bonds. The van der Waals surface area contributed by atoms with E-state index in [2.05, 4.69) is 4.74 Å². The molecule has 3 N–H and O–H groups in total. The van der Waals surface area contributed by atoms with E-state index in [1.807, 2.05) is 6.07 Å². The largest absolute Gasteiger partial charge is 0.573 e. The van der Waals surface area contributed by atoms with E-state index < -0.39 is 41.4 Å². The highest BCUT2D eigenvalue weighted by Crippen LogP contribution is 2.38. The first-order chi connectivity index (χ1) is 11.4. The molecule has 0 bridgehead atoms. The summed E-state index contributed by atoms with van der Waals surface area (Å²) in [7, 11) is 0. The Kier molecular flexibility index (Phi) is 6.43. The van der Waals surface area contributed by atoms with Gasteiger partial charge in [0.15, 0.2) is 0 Å². The molecular formula is C17H21F3N2O3. The van der Waals surface area contributed by atoms with Crippen LogP contribution in [0.25, 0.3) is 0 Å². The van der Waals surface area contributed by atoms with Gasteiger partial charge in [-0.3, -0.25) is 4.79 Å². The van der Waals surface area contributed by atoms with Gasteiger partial charge in [0.1, 0.15) is 5.75 Å². The molecule has 5 nitrogen and oxygen atoms in total. The lowest BCUT2D eigenvalue weighted by atomic mass is 9.72. The second-order valence-corrected chi connectivity index (χ2v) is 6.83. The molecule has 25 heavy (non-hydrogen) atoms. The summed E-state index contributed by atoms with van der Waals surface area (Å²) in [4.78, 5) is 11.9. The molecule has 0 saturated carbocycles. The molecule has 0 aliphatic rings. The number of benzene rings is 1. The Bertz CT molecular complexity index is 648. The van der Waals surface area contributed by atoms with Crippen LogP contribution in [0, 0.1) is 22.7 Å². The Morgan fingerprint density at radius 1 is 1.36 bits per heavy atom. The van der Waals surface area contributed by atoms with Crippen LogP contribution in [0.3, 0.4) is 0 Å². The summed E-state index contributed by atoms with van der Waals surface area (Å²) in [6.45, 7) is 5.08. The summed E-state index contributed by atoms with van der Waals surface area (Å²) in [6.07, 6.45) is -6.25. The van der Waals surface area contributed by atoms with Crippen LogP contribution in [-0.2, 0) is 4.79 Å². The van der Waals surface area contributed by atoms with Crippen molar-refractivity contribution in [1.29, 1.82) is 5.26 Å². The average Bonchev–Trinajstić information content (AvgIpc) is 2.43. The SMILES string of the molecule is CC(C)(C)C(O)C(C(N)=O)[C@H](CC#N)c1cccc(OC(F)(F)F)c1. The van der Waals surface area contributed by atoms with E-state index in [0.29, 0.717) is 0 Å². The summed E-state index contributed by atoms with van der Waals surface area (Å²) in [5, 5.41) is 19.6. The highest BCUT2D eigenvalue weighted by atomic mass is 19.4. The molecule has 0 aromatic heterocycles.